The highest BCUT2D eigenvalue weighted by Crippen LogP contribution is 2.27. The average molecular weight is 254 g/mol. The van der Waals surface area contributed by atoms with Crippen LogP contribution in [-0.4, -0.2) is 24.0 Å². The molecule has 1 aromatic rings. The molecule has 17 heavy (non-hydrogen) atoms. The van der Waals surface area contributed by atoms with E-state index in [2.05, 4.69) is 15.6 Å². The Labute approximate surface area is 106 Å². The smallest absolute Gasteiger partial charge is 0.252 e. The van der Waals surface area contributed by atoms with E-state index in [1.807, 2.05) is 6.92 Å². The van der Waals surface area contributed by atoms with Crippen molar-refractivity contribution in [3.63, 3.8) is 0 Å². The molecule has 1 fully saturated rings. The highest BCUT2D eigenvalue weighted by Gasteiger charge is 2.22. The molecule has 2 N–H and O–H groups in total. The van der Waals surface area contributed by atoms with Crippen LogP contribution in [0, 0.1) is 5.92 Å². The van der Waals surface area contributed by atoms with Gasteiger partial charge in [0.2, 0.25) is 0 Å². The number of hydrogen-bond acceptors (Lipinski definition) is 3. The van der Waals surface area contributed by atoms with Gasteiger partial charge >= 0.3 is 0 Å². The van der Waals surface area contributed by atoms with Crippen LogP contribution in [0.3, 0.4) is 0 Å². The maximum absolute atomic E-state index is 11.8. The molecule has 0 spiro atoms. The van der Waals surface area contributed by atoms with E-state index in [-0.39, 0.29) is 5.91 Å². The number of carbonyl (C=O) groups excluding carboxylic acids is 1. The quantitative estimate of drug-likeness (QED) is 0.847. The van der Waals surface area contributed by atoms with Crippen molar-refractivity contribution in [1.82, 2.24) is 10.3 Å². The fourth-order valence-corrected chi connectivity index (χ4v) is 1.75. The minimum absolute atomic E-state index is 0.102. The van der Waals surface area contributed by atoms with E-state index < -0.39 is 0 Å². The van der Waals surface area contributed by atoms with Crippen LogP contribution in [-0.2, 0) is 0 Å². The second kappa shape index (κ2) is 5.36. The third-order valence-corrected chi connectivity index (χ3v) is 2.98. The molecule has 1 heterocycles. The monoisotopic (exact) mass is 253 g/mol. The molecule has 0 aromatic carbocycles. The van der Waals surface area contributed by atoms with Crippen molar-refractivity contribution in [2.75, 3.05) is 18.4 Å². The van der Waals surface area contributed by atoms with Gasteiger partial charge in [-0.3, -0.25) is 4.79 Å². The number of aromatic nitrogens is 1. The first-order valence-electron chi connectivity index (χ1n) is 5.88. The van der Waals surface area contributed by atoms with E-state index in [4.69, 9.17) is 11.6 Å². The van der Waals surface area contributed by atoms with Gasteiger partial charge in [-0.15, -0.1) is 0 Å². The van der Waals surface area contributed by atoms with Gasteiger partial charge in [-0.2, -0.15) is 0 Å². The van der Waals surface area contributed by atoms with Gasteiger partial charge < -0.3 is 10.6 Å². The Morgan fingerprint density at radius 1 is 1.59 bits per heavy atom. The van der Waals surface area contributed by atoms with E-state index in [9.17, 15) is 4.79 Å². The van der Waals surface area contributed by atoms with Crippen molar-refractivity contribution < 1.29 is 4.79 Å². The lowest BCUT2D eigenvalue weighted by atomic mass is 10.2. The lowest BCUT2D eigenvalue weighted by Gasteiger charge is -2.07. The summed E-state index contributed by atoms with van der Waals surface area (Å²) >= 11 is 6.02. The first kappa shape index (κ1) is 12.2. The maximum Gasteiger partial charge on any atom is 0.252 e. The molecule has 0 radical (unpaired) electrons. The Hall–Kier alpha value is -1.29. The molecule has 0 saturated heterocycles. The fraction of sp³-hybridized carbons (Fsp3) is 0.500. The normalized spacial score (nSPS) is 14.5. The number of rotatable bonds is 5. The topological polar surface area (TPSA) is 54.0 Å². The third kappa shape index (κ3) is 3.33. The summed E-state index contributed by atoms with van der Waals surface area (Å²) in [6.45, 7) is 3.47. The van der Waals surface area contributed by atoms with Crippen molar-refractivity contribution in [2.24, 2.45) is 5.92 Å². The number of amides is 1. The molecule has 1 aliphatic rings. The number of carbonyl (C=O) groups is 1. The highest BCUT2D eigenvalue weighted by atomic mass is 35.5. The summed E-state index contributed by atoms with van der Waals surface area (Å²) in [5, 5.41) is 6.39. The second-order valence-corrected chi connectivity index (χ2v) is 4.65. The molecule has 1 aliphatic carbocycles. The molecule has 1 saturated carbocycles. The van der Waals surface area contributed by atoms with Gasteiger partial charge in [-0.25, -0.2) is 4.98 Å². The minimum Gasteiger partial charge on any atom is -0.369 e. The summed E-state index contributed by atoms with van der Waals surface area (Å²) in [6.07, 6.45) is 3.99. The molecule has 2 rings (SSSR count). The molecule has 0 bridgehead atoms. The first-order valence-corrected chi connectivity index (χ1v) is 6.26. The van der Waals surface area contributed by atoms with Gasteiger partial charge in [0.15, 0.2) is 0 Å². The lowest BCUT2D eigenvalue weighted by molar-refractivity contribution is 0.0951. The molecule has 92 valence electrons. The van der Waals surface area contributed by atoms with Crippen LogP contribution < -0.4 is 10.6 Å². The summed E-state index contributed by atoms with van der Waals surface area (Å²) in [6, 6.07) is 1.65. The van der Waals surface area contributed by atoms with Crippen molar-refractivity contribution in [3.8, 4) is 0 Å². The summed E-state index contributed by atoms with van der Waals surface area (Å²) in [7, 11) is 0. The highest BCUT2D eigenvalue weighted by molar-refractivity contribution is 6.33. The molecule has 1 aromatic heterocycles. The average Bonchev–Trinajstić information content (AvgIpc) is 3.13. The first-order chi connectivity index (χ1) is 8.20. The molecular weight excluding hydrogens is 238 g/mol. The van der Waals surface area contributed by atoms with Crippen LogP contribution in [0.15, 0.2) is 12.3 Å². The second-order valence-electron chi connectivity index (χ2n) is 4.24. The zero-order chi connectivity index (χ0) is 12.3. The molecule has 0 atom stereocenters. The van der Waals surface area contributed by atoms with Crippen molar-refractivity contribution in [1.29, 1.82) is 0 Å². The van der Waals surface area contributed by atoms with E-state index >= 15 is 0 Å². The fourth-order valence-electron chi connectivity index (χ4n) is 1.52. The van der Waals surface area contributed by atoms with Crippen molar-refractivity contribution in [2.45, 2.75) is 19.8 Å². The number of nitrogens with one attached hydrogen (secondary N) is 2. The summed E-state index contributed by atoms with van der Waals surface area (Å²) < 4.78 is 0. The van der Waals surface area contributed by atoms with Gasteiger partial charge in [0.25, 0.3) is 5.91 Å². The number of halogens is 1. The van der Waals surface area contributed by atoms with Crippen LogP contribution in [0.25, 0.3) is 0 Å². The third-order valence-electron chi connectivity index (χ3n) is 2.70. The predicted octanol–water partition coefficient (Wildman–Crippen LogP) is 2.31. The van der Waals surface area contributed by atoms with Gasteiger partial charge in [0.1, 0.15) is 5.82 Å². The lowest BCUT2D eigenvalue weighted by Crippen LogP contribution is -2.25. The maximum atomic E-state index is 11.8. The predicted molar refractivity (Wildman–Crippen MR) is 68.5 cm³/mol. The van der Waals surface area contributed by atoms with E-state index in [0.717, 1.165) is 13.1 Å². The Bertz CT molecular complexity index is 418. The van der Waals surface area contributed by atoms with Crippen molar-refractivity contribution in [3.05, 3.63) is 22.8 Å². The van der Waals surface area contributed by atoms with E-state index in [1.165, 1.54) is 12.8 Å². The van der Waals surface area contributed by atoms with Gasteiger partial charge in [0, 0.05) is 19.3 Å². The molecule has 4 nitrogen and oxygen atoms in total. The van der Waals surface area contributed by atoms with Gasteiger partial charge in [0.05, 0.1) is 10.6 Å². The summed E-state index contributed by atoms with van der Waals surface area (Å²) in [4.78, 5) is 15.9. The Morgan fingerprint density at radius 2 is 2.35 bits per heavy atom. The van der Waals surface area contributed by atoms with E-state index in [0.29, 0.717) is 22.3 Å². The zero-order valence-corrected chi connectivity index (χ0v) is 10.5. The van der Waals surface area contributed by atoms with Crippen LogP contribution in [0.2, 0.25) is 5.02 Å². The van der Waals surface area contributed by atoms with E-state index in [1.54, 1.807) is 12.3 Å². The van der Waals surface area contributed by atoms with Crippen molar-refractivity contribution >= 4 is 23.3 Å². The molecule has 0 unspecified atom stereocenters. The van der Waals surface area contributed by atoms with Crippen LogP contribution in [0.4, 0.5) is 5.82 Å². The number of hydrogen-bond donors (Lipinski definition) is 2. The Morgan fingerprint density at radius 3 is 2.94 bits per heavy atom. The van der Waals surface area contributed by atoms with Crippen LogP contribution >= 0.6 is 11.6 Å². The summed E-state index contributed by atoms with van der Waals surface area (Å²) in [5.41, 5.74) is 0.511. The van der Waals surface area contributed by atoms with Gasteiger partial charge in [-0.1, -0.05) is 11.6 Å². The zero-order valence-electron chi connectivity index (χ0n) is 9.79. The van der Waals surface area contributed by atoms with Crippen LogP contribution in [0.5, 0.6) is 0 Å². The number of nitrogens with zero attached hydrogens (tertiary/aromatic N) is 1. The Kier molecular flexibility index (Phi) is 3.84. The number of pyridine rings is 1. The molecule has 0 aliphatic heterocycles. The minimum atomic E-state index is -0.102. The summed E-state index contributed by atoms with van der Waals surface area (Å²) in [5.74, 6) is 1.19. The molecule has 1 amide bonds. The van der Waals surface area contributed by atoms with Gasteiger partial charge in [-0.05, 0) is 31.7 Å². The molecular formula is C12H16ClN3O. The largest absolute Gasteiger partial charge is 0.369 e. The standard InChI is InChI=1S/C12H16ClN3O/c1-2-14-11-10(13)5-9(7-15-11)12(17)16-6-8-3-4-8/h5,7-8H,2-4,6H2,1H3,(H,14,15)(H,16,17). The SMILES string of the molecule is CCNc1ncc(C(=O)NCC2CC2)cc1Cl. The van der Waals surface area contributed by atoms with Crippen LogP contribution in [0.1, 0.15) is 30.1 Å². The molecule has 5 heteroatoms. The Balaban J connectivity index is 1.99. The number of anilines is 1.